The normalized spacial score (nSPS) is 11.5. The fourth-order valence-electron chi connectivity index (χ4n) is 4.33. The molecule has 0 aliphatic rings. The van der Waals surface area contributed by atoms with Gasteiger partial charge < -0.3 is 9.72 Å². The SMILES string of the molecule is CCOC(=O)c1ccc(N=Nc2c(-c3ccccc3)[nH]c3c(N=Nc4ccccc4)c(-c4ccccc4)nn23)cc1. The van der Waals surface area contributed by atoms with Crippen LogP contribution in [0.15, 0.2) is 136 Å². The number of imidazole rings is 1. The summed E-state index contributed by atoms with van der Waals surface area (Å²) in [5.41, 5.74) is 6.17. The highest BCUT2D eigenvalue weighted by Gasteiger charge is 2.22. The third-order valence-electron chi connectivity index (χ3n) is 6.30. The molecule has 6 rings (SSSR count). The second-order valence-corrected chi connectivity index (χ2v) is 9.02. The van der Waals surface area contributed by atoms with E-state index >= 15 is 0 Å². The third-order valence-corrected chi connectivity index (χ3v) is 6.30. The number of carbonyl (C=O) groups excluding carboxylic acids is 1. The molecule has 2 aromatic heterocycles. The second kappa shape index (κ2) is 11.6. The van der Waals surface area contributed by atoms with Crippen LogP contribution in [0.1, 0.15) is 17.3 Å². The van der Waals surface area contributed by atoms with Gasteiger partial charge in [0.2, 0.25) is 5.82 Å². The zero-order valence-electron chi connectivity index (χ0n) is 22.2. The largest absolute Gasteiger partial charge is 0.462 e. The first-order chi connectivity index (χ1) is 20.2. The van der Waals surface area contributed by atoms with Crippen LogP contribution in [-0.4, -0.2) is 27.2 Å². The van der Waals surface area contributed by atoms with E-state index in [0.717, 1.165) is 22.5 Å². The molecule has 6 aromatic rings. The van der Waals surface area contributed by atoms with Gasteiger partial charge in [-0.1, -0.05) is 78.9 Å². The summed E-state index contributed by atoms with van der Waals surface area (Å²) in [4.78, 5) is 15.5. The molecule has 9 heteroatoms. The fourth-order valence-corrected chi connectivity index (χ4v) is 4.33. The molecule has 0 aliphatic carbocycles. The third kappa shape index (κ3) is 5.41. The number of nitrogens with zero attached hydrogens (tertiary/aromatic N) is 6. The van der Waals surface area contributed by atoms with E-state index in [4.69, 9.17) is 9.84 Å². The van der Waals surface area contributed by atoms with Crippen LogP contribution < -0.4 is 0 Å². The molecule has 0 unspecified atom stereocenters. The number of esters is 1. The van der Waals surface area contributed by atoms with Crippen LogP contribution in [0.4, 0.5) is 22.9 Å². The van der Waals surface area contributed by atoms with E-state index in [1.165, 1.54) is 0 Å². The van der Waals surface area contributed by atoms with Crippen LogP contribution in [-0.2, 0) is 4.74 Å². The minimum absolute atomic E-state index is 0.313. The molecule has 0 atom stereocenters. The summed E-state index contributed by atoms with van der Waals surface area (Å²) in [6, 6.07) is 36.0. The molecular formula is C32H25N7O2. The van der Waals surface area contributed by atoms with E-state index in [0.29, 0.717) is 40.7 Å². The van der Waals surface area contributed by atoms with Gasteiger partial charge in [0.25, 0.3) is 0 Å². The van der Waals surface area contributed by atoms with E-state index < -0.39 is 0 Å². The van der Waals surface area contributed by atoms with Gasteiger partial charge in [-0.3, -0.25) is 0 Å². The number of H-pyrrole nitrogens is 1. The summed E-state index contributed by atoms with van der Waals surface area (Å²) < 4.78 is 6.78. The van der Waals surface area contributed by atoms with Crippen LogP contribution >= 0.6 is 0 Å². The van der Waals surface area contributed by atoms with Crippen molar-refractivity contribution in [1.82, 2.24) is 14.6 Å². The molecule has 200 valence electrons. The number of nitrogens with one attached hydrogen (secondary N) is 1. The second-order valence-electron chi connectivity index (χ2n) is 9.02. The summed E-state index contributed by atoms with van der Waals surface area (Å²) in [7, 11) is 0. The molecule has 2 heterocycles. The monoisotopic (exact) mass is 539 g/mol. The Morgan fingerprint density at radius 3 is 1.98 bits per heavy atom. The number of rotatable bonds is 8. The molecule has 0 amide bonds. The van der Waals surface area contributed by atoms with Crippen molar-refractivity contribution in [3.05, 3.63) is 121 Å². The summed E-state index contributed by atoms with van der Waals surface area (Å²) in [5, 5.41) is 23.2. The van der Waals surface area contributed by atoms with Crippen LogP contribution in [0.3, 0.4) is 0 Å². The highest BCUT2D eigenvalue weighted by atomic mass is 16.5. The quantitative estimate of drug-likeness (QED) is 0.154. The van der Waals surface area contributed by atoms with Crippen molar-refractivity contribution >= 4 is 34.5 Å². The van der Waals surface area contributed by atoms with Gasteiger partial charge in [0.1, 0.15) is 5.69 Å². The molecule has 0 bridgehead atoms. The number of aromatic nitrogens is 3. The van der Waals surface area contributed by atoms with Crippen LogP contribution in [0, 0.1) is 0 Å². The summed E-state index contributed by atoms with van der Waals surface area (Å²) in [5.74, 6) is 0.121. The van der Waals surface area contributed by atoms with Crippen molar-refractivity contribution in [1.29, 1.82) is 0 Å². The Hall–Kier alpha value is -5.70. The van der Waals surface area contributed by atoms with Gasteiger partial charge in [-0.2, -0.15) is 14.7 Å². The van der Waals surface area contributed by atoms with Crippen molar-refractivity contribution in [2.75, 3.05) is 6.61 Å². The molecule has 0 aliphatic heterocycles. The molecule has 0 saturated heterocycles. The van der Waals surface area contributed by atoms with Crippen LogP contribution in [0.5, 0.6) is 0 Å². The number of ether oxygens (including phenoxy) is 1. The topological polar surface area (TPSA) is 109 Å². The number of carbonyl (C=O) groups is 1. The minimum atomic E-state index is -0.378. The number of azo groups is 2. The lowest BCUT2D eigenvalue weighted by Gasteiger charge is -2.02. The number of benzene rings is 4. The first kappa shape index (κ1) is 25.6. The summed E-state index contributed by atoms with van der Waals surface area (Å²) >= 11 is 0. The predicted molar refractivity (Wildman–Crippen MR) is 158 cm³/mol. The predicted octanol–water partition coefficient (Wildman–Crippen LogP) is 9.00. The average Bonchev–Trinajstić information content (AvgIpc) is 3.57. The summed E-state index contributed by atoms with van der Waals surface area (Å²) in [6.07, 6.45) is 0. The Kier molecular flexibility index (Phi) is 7.23. The molecule has 0 radical (unpaired) electrons. The number of fused-ring (bicyclic) bond motifs is 1. The van der Waals surface area contributed by atoms with Crippen molar-refractivity contribution < 1.29 is 9.53 Å². The van der Waals surface area contributed by atoms with E-state index in [9.17, 15) is 4.79 Å². The Labute approximate surface area is 235 Å². The Morgan fingerprint density at radius 2 is 1.32 bits per heavy atom. The lowest BCUT2D eigenvalue weighted by molar-refractivity contribution is 0.0526. The highest BCUT2D eigenvalue weighted by Crippen LogP contribution is 2.40. The molecule has 0 fully saturated rings. The maximum atomic E-state index is 12.0. The zero-order chi connectivity index (χ0) is 28.0. The van der Waals surface area contributed by atoms with Crippen molar-refractivity contribution in [2.24, 2.45) is 20.5 Å². The van der Waals surface area contributed by atoms with Crippen LogP contribution in [0.25, 0.3) is 28.2 Å². The lowest BCUT2D eigenvalue weighted by atomic mass is 10.1. The molecule has 0 spiro atoms. The fraction of sp³-hybridized carbons (Fsp3) is 0.0625. The summed E-state index contributed by atoms with van der Waals surface area (Å²) in [6.45, 7) is 2.09. The molecular weight excluding hydrogens is 514 g/mol. The van der Waals surface area contributed by atoms with E-state index in [1.54, 1.807) is 35.7 Å². The van der Waals surface area contributed by atoms with E-state index in [1.807, 2.05) is 91.0 Å². The van der Waals surface area contributed by atoms with Crippen molar-refractivity contribution in [2.45, 2.75) is 6.92 Å². The van der Waals surface area contributed by atoms with Crippen LogP contribution in [0.2, 0.25) is 0 Å². The first-order valence-electron chi connectivity index (χ1n) is 13.1. The zero-order valence-corrected chi connectivity index (χ0v) is 22.2. The highest BCUT2D eigenvalue weighted by molar-refractivity contribution is 5.90. The first-order valence-corrected chi connectivity index (χ1v) is 13.1. The van der Waals surface area contributed by atoms with Crippen molar-refractivity contribution in [3.8, 4) is 22.5 Å². The molecule has 4 aromatic carbocycles. The van der Waals surface area contributed by atoms with E-state index in [-0.39, 0.29) is 5.97 Å². The molecule has 41 heavy (non-hydrogen) atoms. The molecule has 1 N–H and O–H groups in total. The maximum Gasteiger partial charge on any atom is 0.338 e. The minimum Gasteiger partial charge on any atom is -0.462 e. The standard InChI is InChI=1S/C32H25N7O2/c1-2-41-32(40)24-18-20-26(21-19-24)35-37-31-28(23-14-8-4-9-15-23)33-30-29(36-34-25-16-10-5-11-17-25)27(38-39(30)31)22-12-6-3-7-13-22/h3-21,33H,2H2,1H3. The molecule has 0 saturated carbocycles. The maximum absolute atomic E-state index is 12.0. The Balaban J connectivity index is 1.49. The molecule has 9 nitrogen and oxygen atoms in total. The van der Waals surface area contributed by atoms with E-state index in [2.05, 4.69) is 25.4 Å². The number of hydrogen-bond acceptors (Lipinski definition) is 7. The Morgan fingerprint density at radius 1 is 0.732 bits per heavy atom. The smallest absolute Gasteiger partial charge is 0.338 e. The average molecular weight is 540 g/mol. The lowest BCUT2D eigenvalue weighted by Crippen LogP contribution is -2.03. The van der Waals surface area contributed by atoms with Gasteiger partial charge in [-0.05, 0) is 43.3 Å². The van der Waals surface area contributed by atoms with Gasteiger partial charge >= 0.3 is 5.97 Å². The Bertz CT molecular complexity index is 1840. The van der Waals surface area contributed by atoms with Gasteiger partial charge in [0, 0.05) is 11.1 Å². The van der Waals surface area contributed by atoms with Gasteiger partial charge in [-0.15, -0.1) is 15.3 Å². The van der Waals surface area contributed by atoms with Gasteiger partial charge in [-0.25, -0.2) is 4.79 Å². The van der Waals surface area contributed by atoms with Crippen molar-refractivity contribution in [3.63, 3.8) is 0 Å². The van der Waals surface area contributed by atoms with Gasteiger partial charge in [0.15, 0.2) is 11.3 Å². The number of hydrogen-bond donors (Lipinski definition) is 1. The van der Waals surface area contributed by atoms with Gasteiger partial charge in [0.05, 0.1) is 29.2 Å². The number of aromatic amines is 1.